The molecule has 0 unspecified atom stereocenters. The summed E-state index contributed by atoms with van der Waals surface area (Å²) in [7, 11) is -0.882. The molecule has 0 saturated heterocycles. The molecule has 0 N–H and O–H groups in total. The van der Waals surface area contributed by atoms with Crippen LogP contribution >= 0.6 is 11.6 Å². The van der Waals surface area contributed by atoms with Crippen molar-refractivity contribution < 1.29 is 8.95 Å². The number of aromatic nitrogens is 2. The number of hydrogen-bond acceptors (Lipinski definition) is 5. The fraction of sp³-hybridized carbons (Fsp3) is 0.529. The van der Waals surface area contributed by atoms with Gasteiger partial charge in [0.15, 0.2) is 0 Å². The first kappa shape index (κ1) is 20.4. The number of nitrogens with zero attached hydrogens (tertiary/aromatic N) is 5. The van der Waals surface area contributed by atoms with Crippen LogP contribution in [0.15, 0.2) is 23.4 Å². The van der Waals surface area contributed by atoms with E-state index in [-0.39, 0.29) is 6.10 Å². The van der Waals surface area contributed by atoms with Crippen LogP contribution in [0.5, 0.6) is 5.88 Å². The van der Waals surface area contributed by atoms with Crippen LogP contribution in [0.1, 0.15) is 39.3 Å². The predicted molar refractivity (Wildman–Crippen MR) is 105 cm³/mol. The zero-order valence-corrected chi connectivity index (χ0v) is 16.8. The van der Waals surface area contributed by atoms with Crippen LogP contribution in [0.2, 0.25) is 5.15 Å². The summed E-state index contributed by atoms with van der Waals surface area (Å²) in [6.45, 7) is 5.67. The van der Waals surface area contributed by atoms with Crippen molar-refractivity contribution in [1.29, 1.82) is 0 Å². The van der Waals surface area contributed by atoms with Gasteiger partial charge in [0.2, 0.25) is 5.88 Å². The van der Waals surface area contributed by atoms with Gasteiger partial charge in [-0.05, 0) is 49.7 Å². The topological polar surface area (TPSA) is 101 Å². The van der Waals surface area contributed by atoms with E-state index in [1.165, 1.54) is 0 Å². The molecule has 3 atom stereocenters. The fourth-order valence-corrected chi connectivity index (χ4v) is 3.27. The Balaban J connectivity index is 2.53. The molecular weight excluding hydrogens is 374 g/mol. The highest BCUT2D eigenvalue weighted by molar-refractivity contribution is 7.84. The Morgan fingerprint density at radius 1 is 1.50 bits per heavy atom. The summed E-state index contributed by atoms with van der Waals surface area (Å²) in [5.74, 6) is 0.956. The van der Waals surface area contributed by atoms with Gasteiger partial charge in [-0.2, -0.15) is 0 Å². The summed E-state index contributed by atoms with van der Waals surface area (Å²) >= 11 is 6.03. The second kappa shape index (κ2) is 8.66. The first-order valence-electron chi connectivity index (χ1n) is 8.28. The van der Waals surface area contributed by atoms with Crippen LogP contribution in [-0.2, 0) is 16.3 Å². The summed E-state index contributed by atoms with van der Waals surface area (Å²) in [4.78, 5) is 11.7. The van der Waals surface area contributed by atoms with Crippen molar-refractivity contribution in [3.63, 3.8) is 0 Å². The minimum absolute atomic E-state index is 0.173. The van der Waals surface area contributed by atoms with Gasteiger partial charge in [0.1, 0.15) is 5.15 Å². The highest BCUT2D eigenvalue weighted by Crippen LogP contribution is 2.34. The Hall–Kier alpha value is -1.89. The maximum Gasteiger partial charge on any atom is 0.223 e. The van der Waals surface area contributed by atoms with Crippen molar-refractivity contribution >= 4 is 33.2 Å². The Labute approximate surface area is 160 Å². The van der Waals surface area contributed by atoms with Crippen LogP contribution in [-0.4, -0.2) is 32.3 Å². The molecular formula is C17H22ClN5O2S. The maximum atomic E-state index is 11.3. The van der Waals surface area contributed by atoms with Gasteiger partial charge in [0.05, 0.1) is 22.7 Å². The van der Waals surface area contributed by atoms with Crippen molar-refractivity contribution in [2.24, 2.45) is 5.11 Å². The van der Waals surface area contributed by atoms with Crippen LogP contribution in [0, 0.1) is 0 Å². The highest BCUT2D eigenvalue weighted by Gasteiger charge is 2.27. The molecule has 0 amide bonds. The molecule has 0 radical (unpaired) electrons. The van der Waals surface area contributed by atoms with E-state index >= 15 is 0 Å². The van der Waals surface area contributed by atoms with Gasteiger partial charge < -0.3 is 4.74 Å². The third-order valence-corrected chi connectivity index (χ3v) is 5.29. The average molecular weight is 396 g/mol. The van der Waals surface area contributed by atoms with E-state index in [1.807, 2.05) is 26.8 Å². The largest absolute Gasteiger partial charge is 0.474 e. The molecule has 0 spiro atoms. The van der Waals surface area contributed by atoms with Gasteiger partial charge in [-0.25, -0.2) is 9.97 Å². The second-order valence-electron chi connectivity index (χ2n) is 6.35. The van der Waals surface area contributed by atoms with Gasteiger partial charge in [-0.1, -0.05) is 23.6 Å². The molecule has 0 bridgehead atoms. The summed E-state index contributed by atoms with van der Waals surface area (Å²) in [5.41, 5.74) is 8.73. The van der Waals surface area contributed by atoms with Gasteiger partial charge in [0, 0.05) is 33.9 Å². The van der Waals surface area contributed by atoms with Gasteiger partial charge >= 0.3 is 0 Å². The molecule has 2 aromatic rings. The fourth-order valence-electron chi connectivity index (χ4n) is 2.44. The molecule has 0 aromatic carbocycles. The minimum atomic E-state index is -0.882. The van der Waals surface area contributed by atoms with Crippen molar-refractivity contribution in [3.05, 3.63) is 39.6 Å². The highest BCUT2D eigenvalue weighted by atomic mass is 35.5. The van der Waals surface area contributed by atoms with Crippen LogP contribution in [0.25, 0.3) is 21.2 Å². The lowest BCUT2D eigenvalue weighted by molar-refractivity contribution is 0.211. The molecule has 2 heterocycles. The quantitative estimate of drug-likeness (QED) is 0.278. The summed E-state index contributed by atoms with van der Waals surface area (Å²) in [6, 6.07) is 3.58. The van der Waals surface area contributed by atoms with Crippen molar-refractivity contribution in [1.82, 2.24) is 9.97 Å². The van der Waals surface area contributed by atoms with Gasteiger partial charge in [-0.15, -0.1) is 0 Å². The van der Waals surface area contributed by atoms with Crippen LogP contribution < -0.4 is 4.74 Å². The molecule has 0 aliphatic heterocycles. The molecule has 2 rings (SSSR count). The first-order valence-corrected chi connectivity index (χ1v) is 10.4. The Morgan fingerprint density at radius 2 is 2.23 bits per heavy atom. The number of fused-ring (bicyclic) bond motifs is 1. The summed E-state index contributed by atoms with van der Waals surface area (Å²) in [5, 5.41) is 5.82. The standard InChI is InChI=1S/C17H22ClN5O2S/c1-5-17(3,22-23-19)14-8-12-9-15(18)20-10-13(12)16(21-14)25-11(2)6-7-26(4)24/h8-11H,5-7H2,1-4H3/t11-,17-,26-/m1/s1. The molecule has 0 aliphatic carbocycles. The van der Waals surface area contributed by atoms with Gasteiger partial charge in [-0.3, -0.25) is 4.21 Å². The number of rotatable bonds is 8. The number of azide groups is 1. The van der Waals surface area contributed by atoms with Crippen molar-refractivity contribution in [2.45, 2.75) is 45.3 Å². The third kappa shape index (κ3) is 4.84. The smallest absolute Gasteiger partial charge is 0.223 e. The molecule has 7 nitrogen and oxygen atoms in total. The number of halogens is 1. The first-order chi connectivity index (χ1) is 12.3. The third-order valence-electron chi connectivity index (χ3n) is 4.28. The van der Waals surface area contributed by atoms with E-state index in [2.05, 4.69) is 20.0 Å². The average Bonchev–Trinajstić information content (AvgIpc) is 2.59. The van der Waals surface area contributed by atoms with E-state index in [9.17, 15) is 4.21 Å². The molecule has 140 valence electrons. The lowest BCUT2D eigenvalue weighted by Crippen LogP contribution is -2.21. The predicted octanol–water partition coefficient (Wildman–Crippen LogP) is 4.75. The minimum Gasteiger partial charge on any atom is -0.474 e. The number of hydrogen-bond donors (Lipinski definition) is 0. The zero-order chi connectivity index (χ0) is 19.3. The summed E-state index contributed by atoms with van der Waals surface area (Å²) in [6.07, 6.45) is 4.33. The monoisotopic (exact) mass is 395 g/mol. The lowest BCUT2D eigenvalue weighted by atomic mass is 9.94. The number of pyridine rings is 2. The molecule has 0 saturated carbocycles. The normalized spacial score (nSPS) is 15.7. The number of ether oxygens (including phenoxy) is 1. The van der Waals surface area contributed by atoms with Crippen LogP contribution in [0.3, 0.4) is 0 Å². The molecule has 26 heavy (non-hydrogen) atoms. The molecule has 2 aromatic heterocycles. The van der Waals surface area contributed by atoms with Crippen molar-refractivity contribution in [3.8, 4) is 5.88 Å². The SMILES string of the molecule is CC[C@@](C)(N=[N+]=[N-])c1cc2cc(Cl)ncc2c(O[C@H](C)CC[S@@](C)=O)n1. The van der Waals surface area contributed by atoms with Crippen LogP contribution in [0.4, 0.5) is 0 Å². The van der Waals surface area contributed by atoms with E-state index in [0.717, 1.165) is 10.8 Å². The lowest BCUT2D eigenvalue weighted by Gasteiger charge is -2.23. The van der Waals surface area contributed by atoms with Gasteiger partial charge in [0.25, 0.3) is 0 Å². The summed E-state index contributed by atoms with van der Waals surface area (Å²) < 4.78 is 17.3. The second-order valence-corrected chi connectivity index (χ2v) is 8.29. The maximum absolute atomic E-state index is 11.3. The Bertz CT molecular complexity index is 872. The van der Waals surface area contributed by atoms with E-state index in [0.29, 0.717) is 35.3 Å². The molecule has 9 heteroatoms. The van der Waals surface area contributed by atoms with E-state index < -0.39 is 16.3 Å². The molecule has 0 fully saturated rings. The van der Waals surface area contributed by atoms with E-state index in [1.54, 1.807) is 18.5 Å². The Morgan fingerprint density at radius 3 is 2.85 bits per heavy atom. The zero-order valence-electron chi connectivity index (χ0n) is 15.3. The van der Waals surface area contributed by atoms with Crippen molar-refractivity contribution in [2.75, 3.05) is 12.0 Å². The Kier molecular flexibility index (Phi) is 6.81. The molecule has 0 aliphatic rings. The van der Waals surface area contributed by atoms with E-state index in [4.69, 9.17) is 21.9 Å².